The van der Waals surface area contributed by atoms with Gasteiger partial charge in [-0.05, 0) is 44.2 Å². The lowest BCUT2D eigenvalue weighted by molar-refractivity contribution is -0.160. The average molecular weight is 643 g/mol. The largest absolute Gasteiger partial charge is 0.450 e. The maximum atomic E-state index is 12.9. The number of ether oxygens (including phenoxy) is 2. The molecular formula is C38H38N6O4. The van der Waals surface area contributed by atoms with Gasteiger partial charge in [0.2, 0.25) is 0 Å². The fourth-order valence-corrected chi connectivity index (χ4v) is 7.53. The number of nitrogens with zero attached hydrogens (tertiary/aromatic N) is 4. The van der Waals surface area contributed by atoms with Crippen molar-refractivity contribution >= 4 is 23.3 Å². The Balaban J connectivity index is 0.858. The number of hydrogen-bond donors (Lipinski definition) is 2. The number of hydrogen-bond acceptors (Lipinski definition) is 10. The van der Waals surface area contributed by atoms with E-state index in [2.05, 4.69) is 93.9 Å². The maximum absolute atomic E-state index is 12.9. The highest BCUT2D eigenvalue weighted by Gasteiger charge is 2.60. The number of aromatic nitrogens is 2. The Labute approximate surface area is 279 Å². The summed E-state index contributed by atoms with van der Waals surface area (Å²) >= 11 is 0. The third-order valence-corrected chi connectivity index (χ3v) is 10.2. The molecule has 4 unspecified atom stereocenters. The Morgan fingerprint density at radius 3 is 1.75 bits per heavy atom. The van der Waals surface area contributed by atoms with Crippen LogP contribution in [-0.4, -0.2) is 84.5 Å². The number of carbonyl (C=O) groups is 2. The summed E-state index contributed by atoms with van der Waals surface area (Å²) in [5.74, 6) is -1.11. The van der Waals surface area contributed by atoms with Crippen LogP contribution in [0.25, 0.3) is 22.5 Å². The van der Waals surface area contributed by atoms with Gasteiger partial charge in [0.15, 0.2) is 11.2 Å². The summed E-state index contributed by atoms with van der Waals surface area (Å²) in [6.45, 7) is 7.73. The second-order valence-electron chi connectivity index (χ2n) is 13.4. The van der Waals surface area contributed by atoms with Gasteiger partial charge in [0.1, 0.15) is 0 Å². The predicted octanol–water partition coefficient (Wildman–Crippen LogP) is 3.83. The number of carbonyl (C=O) groups excluding carboxylic acids is 2. The molecule has 10 heteroatoms. The van der Waals surface area contributed by atoms with Crippen LogP contribution >= 0.6 is 0 Å². The summed E-state index contributed by atoms with van der Waals surface area (Å²) in [5, 5.41) is 6.73. The Morgan fingerprint density at radius 1 is 0.708 bits per heavy atom. The van der Waals surface area contributed by atoms with E-state index < -0.39 is 23.1 Å². The van der Waals surface area contributed by atoms with Crippen LogP contribution in [0.5, 0.6) is 0 Å². The first-order valence-corrected chi connectivity index (χ1v) is 16.5. The van der Waals surface area contributed by atoms with E-state index in [-0.39, 0.29) is 12.1 Å². The van der Waals surface area contributed by atoms with Gasteiger partial charge in [-0.25, -0.2) is 9.59 Å². The van der Waals surface area contributed by atoms with E-state index in [0.717, 1.165) is 33.9 Å². The zero-order chi connectivity index (χ0) is 32.9. The molecule has 0 aliphatic carbocycles. The van der Waals surface area contributed by atoms with E-state index in [0.29, 0.717) is 39.3 Å². The number of fused-ring (bicyclic) bond motifs is 2. The number of anilines is 2. The Morgan fingerprint density at radius 2 is 1.25 bits per heavy atom. The molecule has 0 bridgehead atoms. The van der Waals surface area contributed by atoms with Crippen molar-refractivity contribution in [2.45, 2.75) is 37.1 Å². The molecule has 2 N–H and O–H groups in total. The number of pyridine rings is 2. The van der Waals surface area contributed by atoms with Gasteiger partial charge in [0, 0.05) is 49.5 Å². The van der Waals surface area contributed by atoms with Gasteiger partial charge in [-0.15, -0.1) is 0 Å². The molecular weight excluding hydrogens is 604 g/mol. The van der Waals surface area contributed by atoms with Crippen molar-refractivity contribution < 1.29 is 19.1 Å². The molecule has 10 nitrogen and oxygen atoms in total. The topological polar surface area (TPSA) is 109 Å². The SMILES string of the molecule is Cc1ccc(-c2ccc(N3CC4(OC(=O)/C=C/C(=O)OC56CNCC5N(c5ccc(-c7cccc(C)c7)nc5)C6)CNCC34)cn2)cc1. The fraction of sp³-hybridized carbons (Fsp3) is 0.316. The first-order chi connectivity index (χ1) is 23.3. The van der Waals surface area contributed by atoms with Gasteiger partial charge in [-0.2, -0.15) is 0 Å². The van der Waals surface area contributed by atoms with Crippen molar-refractivity contribution in [3.8, 4) is 22.5 Å². The monoisotopic (exact) mass is 642 g/mol. The molecule has 2 aromatic heterocycles. The Bertz CT molecular complexity index is 1880. The number of aryl methyl sites for hydroxylation is 2. The van der Waals surface area contributed by atoms with Crippen LogP contribution in [0.3, 0.4) is 0 Å². The molecule has 0 radical (unpaired) electrons. The molecule has 244 valence electrons. The minimum Gasteiger partial charge on any atom is -0.450 e. The molecule has 8 rings (SSSR count). The van der Waals surface area contributed by atoms with Gasteiger partial charge in [0.05, 0.1) is 60.3 Å². The van der Waals surface area contributed by atoms with Crippen LogP contribution < -0.4 is 20.4 Å². The van der Waals surface area contributed by atoms with E-state index in [4.69, 9.17) is 14.5 Å². The molecule has 0 amide bonds. The van der Waals surface area contributed by atoms with E-state index in [1.54, 1.807) is 0 Å². The quantitative estimate of drug-likeness (QED) is 0.218. The highest BCUT2D eigenvalue weighted by atomic mass is 16.6. The standard InChI is InChI=1S/C38H38N6O4/c1-25-6-8-27(9-7-25)31-12-10-29(17-41-31)43-23-37(21-39-19-33(37)43)47-35(45)14-15-36(46)48-38-22-40-20-34(38)44(24-38)30-11-13-32(42-18-30)28-5-3-4-26(2)16-28/h3-18,33-34,39-40H,19-24H2,1-2H3/b15-14+. The van der Waals surface area contributed by atoms with E-state index >= 15 is 0 Å². The smallest absolute Gasteiger partial charge is 0.331 e. The van der Waals surface area contributed by atoms with Crippen molar-refractivity contribution in [1.29, 1.82) is 0 Å². The molecule has 6 heterocycles. The molecule has 4 aromatic rings. The first kappa shape index (κ1) is 30.3. The molecule has 4 fully saturated rings. The second kappa shape index (κ2) is 11.9. The van der Waals surface area contributed by atoms with Gasteiger partial charge >= 0.3 is 11.9 Å². The summed E-state index contributed by atoms with van der Waals surface area (Å²) in [7, 11) is 0. The summed E-state index contributed by atoms with van der Waals surface area (Å²) in [6.07, 6.45) is 6.12. The molecule has 4 atom stereocenters. The third-order valence-electron chi connectivity index (χ3n) is 10.2. The fourth-order valence-electron chi connectivity index (χ4n) is 7.53. The van der Waals surface area contributed by atoms with Crippen LogP contribution in [0.1, 0.15) is 11.1 Å². The predicted molar refractivity (Wildman–Crippen MR) is 184 cm³/mol. The Kier molecular flexibility index (Phi) is 7.49. The molecule has 2 aromatic carbocycles. The number of benzene rings is 2. The summed E-state index contributed by atoms with van der Waals surface area (Å²) in [4.78, 5) is 39.7. The lowest BCUT2D eigenvalue weighted by Gasteiger charge is -2.53. The Hall–Kier alpha value is -5.06. The lowest BCUT2D eigenvalue weighted by atomic mass is 9.85. The summed E-state index contributed by atoms with van der Waals surface area (Å²) in [5.41, 5.74) is 7.04. The molecule has 48 heavy (non-hydrogen) atoms. The number of esters is 2. The zero-order valence-electron chi connectivity index (χ0n) is 27.1. The van der Waals surface area contributed by atoms with Crippen LogP contribution in [-0.2, 0) is 19.1 Å². The lowest BCUT2D eigenvalue weighted by Crippen LogP contribution is -2.71. The van der Waals surface area contributed by atoms with Crippen LogP contribution in [0.15, 0.2) is 97.3 Å². The van der Waals surface area contributed by atoms with Gasteiger partial charge in [0.25, 0.3) is 0 Å². The first-order valence-electron chi connectivity index (χ1n) is 16.5. The van der Waals surface area contributed by atoms with Crippen molar-refractivity contribution in [2.75, 3.05) is 49.1 Å². The molecule has 0 spiro atoms. The minimum absolute atomic E-state index is 0.0145. The van der Waals surface area contributed by atoms with Crippen LogP contribution in [0.2, 0.25) is 0 Å². The average Bonchev–Trinajstić information content (AvgIpc) is 3.56. The maximum Gasteiger partial charge on any atom is 0.331 e. The van der Waals surface area contributed by atoms with Crippen molar-refractivity contribution in [3.63, 3.8) is 0 Å². The molecule has 4 saturated heterocycles. The second-order valence-corrected chi connectivity index (χ2v) is 13.4. The van der Waals surface area contributed by atoms with Crippen LogP contribution in [0.4, 0.5) is 11.4 Å². The van der Waals surface area contributed by atoms with E-state index in [1.165, 1.54) is 23.3 Å². The van der Waals surface area contributed by atoms with Crippen molar-refractivity contribution in [1.82, 2.24) is 20.6 Å². The van der Waals surface area contributed by atoms with Gasteiger partial charge < -0.3 is 29.9 Å². The molecule has 4 aliphatic rings. The number of nitrogens with one attached hydrogen (secondary N) is 2. The summed E-state index contributed by atoms with van der Waals surface area (Å²) in [6, 6.07) is 24.7. The van der Waals surface area contributed by atoms with E-state index in [1.807, 2.05) is 30.6 Å². The highest BCUT2D eigenvalue weighted by molar-refractivity contribution is 5.92. The van der Waals surface area contributed by atoms with Gasteiger partial charge in [-0.1, -0.05) is 53.6 Å². The highest BCUT2D eigenvalue weighted by Crippen LogP contribution is 2.41. The van der Waals surface area contributed by atoms with Gasteiger partial charge in [-0.3, -0.25) is 9.97 Å². The summed E-state index contributed by atoms with van der Waals surface area (Å²) < 4.78 is 11.9. The van der Waals surface area contributed by atoms with Crippen LogP contribution in [0, 0.1) is 13.8 Å². The number of rotatable bonds is 8. The molecule has 0 saturated carbocycles. The normalized spacial score (nSPS) is 25.6. The zero-order valence-corrected chi connectivity index (χ0v) is 27.1. The van der Waals surface area contributed by atoms with E-state index in [9.17, 15) is 9.59 Å². The third kappa shape index (κ3) is 5.40. The molecule has 4 aliphatic heterocycles. The van der Waals surface area contributed by atoms with Crippen molar-refractivity contribution in [3.05, 3.63) is 108 Å². The van der Waals surface area contributed by atoms with Crippen molar-refractivity contribution in [2.24, 2.45) is 0 Å². The minimum atomic E-state index is -0.656.